The van der Waals surface area contributed by atoms with Crippen molar-refractivity contribution in [2.45, 2.75) is 45.0 Å². The van der Waals surface area contributed by atoms with E-state index in [4.69, 9.17) is 4.74 Å². The van der Waals surface area contributed by atoms with Gasteiger partial charge in [0, 0.05) is 36.7 Å². The maximum absolute atomic E-state index is 12.4. The third-order valence-corrected chi connectivity index (χ3v) is 5.45. The standard InChI is InChI=1S/C18H23N3O2S/c1-5-23-18(3,4)15-7-6-13(9-19-15)14-8-16(22)21-10-12(2)11-24-17(21)20-14/h6-9,12H,5,10-11H2,1-4H3. The summed E-state index contributed by atoms with van der Waals surface area (Å²) in [4.78, 5) is 21.6. The first-order chi connectivity index (χ1) is 11.4. The van der Waals surface area contributed by atoms with E-state index in [1.807, 2.05) is 32.9 Å². The number of rotatable bonds is 4. The van der Waals surface area contributed by atoms with E-state index in [2.05, 4.69) is 16.9 Å². The second-order valence-corrected chi connectivity index (χ2v) is 7.65. The molecule has 5 nitrogen and oxygen atoms in total. The maximum Gasteiger partial charge on any atom is 0.254 e. The fourth-order valence-electron chi connectivity index (χ4n) is 2.83. The van der Waals surface area contributed by atoms with Crippen molar-refractivity contribution >= 4 is 11.8 Å². The predicted octanol–water partition coefficient (Wildman–Crippen LogP) is 3.32. The fraction of sp³-hybridized carbons (Fsp3) is 0.500. The van der Waals surface area contributed by atoms with Crippen LogP contribution in [-0.4, -0.2) is 26.9 Å². The maximum atomic E-state index is 12.4. The number of fused-ring (bicyclic) bond motifs is 1. The summed E-state index contributed by atoms with van der Waals surface area (Å²) in [6.07, 6.45) is 1.77. The molecule has 24 heavy (non-hydrogen) atoms. The van der Waals surface area contributed by atoms with Crippen molar-refractivity contribution in [3.63, 3.8) is 0 Å². The number of pyridine rings is 1. The molecule has 0 radical (unpaired) electrons. The summed E-state index contributed by atoms with van der Waals surface area (Å²) >= 11 is 1.65. The lowest BCUT2D eigenvalue weighted by molar-refractivity contribution is -0.0172. The van der Waals surface area contributed by atoms with Crippen LogP contribution in [0, 0.1) is 5.92 Å². The number of aromatic nitrogens is 3. The molecule has 3 heterocycles. The van der Waals surface area contributed by atoms with Crippen LogP contribution in [0.5, 0.6) is 0 Å². The Morgan fingerprint density at radius 2 is 2.21 bits per heavy atom. The summed E-state index contributed by atoms with van der Waals surface area (Å²) in [5.74, 6) is 1.49. The van der Waals surface area contributed by atoms with Crippen LogP contribution in [0.3, 0.4) is 0 Å². The van der Waals surface area contributed by atoms with Crippen LogP contribution in [0.4, 0.5) is 0 Å². The zero-order chi connectivity index (χ0) is 17.3. The van der Waals surface area contributed by atoms with E-state index in [1.54, 1.807) is 28.6 Å². The van der Waals surface area contributed by atoms with Crippen LogP contribution < -0.4 is 5.56 Å². The number of hydrogen-bond donors (Lipinski definition) is 0. The molecule has 0 saturated heterocycles. The highest BCUT2D eigenvalue weighted by Gasteiger charge is 2.23. The van der Waals surface area contributed by atoms with Gasteiger partial charge in [-0.25, -0.2) is 4.98 Å². The molecule has 128 valence electrons. The monoisotopic (exact) mass is 345 g/mol. The minimum Gasteiger partial charge on any atom is -0.370 e. The SMILES string of the molecule is CCOC(C)(C)c1ccc(-c2cc(=O)n3c(n2)SCC(C)C3)cn1. The predicted molar refractivity (Wildman–Crippen MR) is 96.3 cm³/mol. The highest BCUT2D eigenvalue weighted by Crippen LogP contribution is 2.28. The lowest BCUT2D eigenvalue weighted by Crippen LogP contribution is -2.29. The molecular weight excluding hydrogens is 322 g/mol. The van der Waals surface area contributed by atoms with Crippen LogP contribution in [0.15, 0.2) is 34.3 Å². The van der Waals surface area contributed by atoms with Crippen LogP contribution in [0.25, 0.3) is 11.3 Å². The number of thioether (sulfide) groups is 1. The molecule has 1 unspecified atom stereocenters. The van der Waals surface area contributed by atoms with Crippen molar-refractivity contribution in [1.82, 2.24) is 14.5 Å². The van der Waals surface area contributed by atoms with Gasteiger partial charge in [-0.15, -0.1) is 0 Å². The first-order valence-electron chi connectivity index (χ1n) is 8.26. The highest BCUT2D eigenvalue weighted by molar-refractivity contribution is 7.99. The van der Waals surface area contributed by atoms with Gasteiger partial charge in [-0.3, -0.25) is 14.3 Å². The molecule has 0 N–H and O–H groups in total. The molecule has 2 aromatic heterocycles. The Labute approximate surface area is 146 Å². The Kier molecular flexibility index (Phi) is 4.78. The number of hydrogen-bond acceptors (Lipinski definition) is 5. The molecule has 0 aliphatic carbocycles. The summed E-state index contributed by atoms with van der Waals surface area (Å²) in [5.41, 5.74) is 1.98. The summed E-state index contributed by atoms with van der Waals surface area (Å²) in [5, 5.41) is 0.800. The van der Waals surface area contributed by atoms with Gasteiger partial charge in [0.1, 0.15) is 5.60 Å². The Hall–Kier alpha value is -1.66. The van der Waals surface area contributed by atoms with Crippen molar-refractivity contribution < 1.29 is 4.74 Å². The fourth-order valence-corrected chi connectivity index (χ4v) is 3.85. The minimum atomic E-state index is -0.428. The molecule has 1 aliphatic rings. The molecule has 0 saturated carbocycles. The Morgan fingerprint density at radius 1 is 1.42 bits per heavy atom. The van der Waals surface area contributed by atoms with Crippen molar-refractivity contribution in [1.29, 1.82) is 0 Å². The molecule has 0 amide bonds. The molecule has 1 atom stereocenters. The lowest BCUT2D eigenvalue weighted by atomic mass is 10.0. The normalized spacial score (nSPS) is 17.6. The summed E-state index contributed by atoms with van der Waals surface area (Å²) in [7, 11) is 0. The van der Waals surface area contributed by atoms with E-state index in [9.17, 15) is 4.79 Å². The van der Waals surface area contributed by atoms with E-state index < -0.39 is 5.60 Å². The van der Waals surface area contributed by atoms with Crippen molar-refractivity contribution in [3.05, 3.63) is 40.4 Å². The largest absolute Gasteiger partial charge is 0.370 e. The summed E-state index contributed by atoms with van der Waals surface area (Å²) < 4.78 is 7.50. The summed E-state index contributed by atoms with van der Waals surface area (Å²) in [6, 6.07) is 5.50. The molecule has 2 aromatic rings. The van der Waals surface area contributed by atoms with E-state index >= 15 is 0 Å². The molecule has 0 fully saturated rings. The Morgan fingerprint density at radius 3 is 2.88 bits per heavy atom. The average molecular weight is 345 g/mol. The zero-order valence-electron chi connectivity index (χ0n) is 14.6. The Bertz CT molecular complexity index is 784. The molecule has 0 spiro atoms. The van der Waals surface area contributed by atoms with Gasteiger partial charge in [-0.1, -0.05) is 18.7 Å². The van der Waals surface area contributed by atoms with Gasteiger partial charge >= 0.3 is 0 Å². The second kappa shape index (κ2) is 6.69. The highest BCUT2D eigenvalue weighted by atomic mass is 32.2. The quantitative estimate of drug-likeness (QED) is 0.796. The van der Waals surface area contributed by atoms with E-state index in [1.165, 1.54) is 0 Å². The summed E-state index contributed by atoms with van der Waals surface area (Å²) in [6.45, 7) is 9.50. The van der Waals surface area contributed by atoms with Gasteiger partial charge in [-0.05, 0) is 38.8 Å². The number of nitrogens with zero attached hydrogens (tertiary/aromatic N) is 3. The van der Waals surface area contributed by atoms with Crippen molar-refractivity contribution in [3.8, 4) is 11.3 Å². The van der Waals surface area contributed by atoms with Crippen molar-refractivity contribution in [2.24, 2.45) is 5.92 Å². The molecule has 1 aliphatic heterocycles. The first kappa shape index (κ1) is 17.2. The van der Waals surface area contributed by atoms with Gasteiger partial charge in [0.2, 0.25) is 0 Å². The lowest BCUT2D eigenvalue weighted by Gasteiger charge is -2.24. The van der Waals surface area contributed by atoms with Crippen molar-refractivity contribution in [2.75, 3.05) is 12.4 Å². The van der Waals surface area contributed by atoms with E-state index in [0.717, 1.165) is 28.7 Å². The van der Waals surface area contributed by atoms with Gasteiger partial charge in [0.05, 0.1) is 11.4 Å². The second-order valence-electron chi connectivity index (χ2n) is 6.66. The topological polar surface area (TPSA) is 57.0 Å². The number of ether oxygens (including phenoxy) is 1. The molecule has 3 rings (SSSR count). The molecule has 0 bridgehead atoms. The van der Waals surface area contributed by atoms with Crippen LogP contribution in [-0.2, 0) is 16.9 Å². The minimum absolute atomic E-state index is 0.00720. The zero-order valence-corrected chi connectivity index (χ0v) is 15.4. The van der Waals surface area contributed by atoms with E-state index in [-0.39, 0.29) is 5.56 Å². The third-order valence-electron chi connectivity index (χ3n) is 4.15. The van der Waals surface area contributed by atoms with Crippen LogP contribution in [0.1, 0.15) is 33.4 Å². The average Bonchev–Trinajstić information content (AvgIpc) is 2.55. The van der Waals surface area contributed by atoms with Gasteiger partial charge in [0.25, 0.3) is 5.56 Å². The third kappa shape index (κ3) is 3.39. The molecular formula is C18H23N3O2S. The smallest absolute Gasteiger partial charge is 0.254 e. The van der Waals surface area contributed by atoms with Gasteiger partial charge < -0.3 is 4.74 Å². The molecule has 0 aromatic carbocycles. The Balaban J connectivity index is 1.93. The van der Waals surface area contributed by atoms with Gasteiger partial charge in [-0.2, -0.15) is 0 Å². The van der Waals surface area contributed by atoms with Crippen LogP contribution >= 0.6 is 11.8 Å². The van der Waals surface area contributed by atoms with E-state index in [0.29, 0.717) is 18.2 Å². The van der Waals surface area contributed by atoms with Gasteiger partial charge in [0.15, 0.2) is 5.16 Å². The molecule has 6 heteroatoms. The first-order valence-corrected chi connectivity index (χ1v) is 9.25. The van der Waals surface area contributed by atoms with Crippen LogP contribution in [0.2, 0.25) is 0 Å².